The molecular formula is C30H32N4O4S. The smallest absolute Gasteiger partial charge is 0.264 e. The zero-order valence-electron chi connectivity index (χ0n) is 22.7. The Labute approximate surface area is 229 Å². The van der Waals surface area contributed by atoms with Gasteiger partial charge in [0.05, 0.1) is 23.9 Å². The minimum atomic E-state index is -4.07. The molecule has 0 fully saturated rings. The maximum atomic E-state index is 13.5. The molecule has 0 spiro atoms. The van der Waals surface area contributed by atoms with Crippen LogP contribution < -0.4 is 14.5 Å². The SMILES string of the molecule is COc1ccccc1N(CC(=O)N/N=C/c1cc(C)n(-c2ccc(C)c(C)c2)c1C)S(=O)(=O)c1ccccc1. The van der Waals surface area contributed by atoms with E-state index in [1.54, 1.807) is 48.7 Å². The lowest BCUT2D eigenvalue weighted by Crippen LogP contribution is -2.39. The number of amides is 1. The monoisotopic (exact) mass is 544 g/mol. The molecule has 0 atom stereocenters. The molecule has 0 radical (unpaired) electrons. The second-order valence-electron chi connectivity index (χ2n) is 9.22. The number of ether oxygens (including phenoxy) is 1. The van der Waals surface area contributed by atoms with Crippen molar-refractivity contribution in [3.8, 4) is 11.4 Å². The molecule has 0 aliphatic heterocycles. The average Bonchev–Trinajstić information content (AvgIpc) is 3.21. The van der Waals surface area contributed by atoms with Crippen LogP contribution in [0.4, 0.5) is 5.69 Å². The Bertz CT molecular complexity index is 1630. The van der Waals surface area contributed by atoms with Crippen molar-refractivity contribution in [3.05, 3.63) is 107 Å². The number of hydrazone groups is 1. The number of benzene rings is 3. The fourth-order valence-electron chi connectivity index (χ4n) is 4.38. The number of nitrogens with one attached hydrogen (secondary N) is 1. The maximum absolute atomic E-state index is 13.5. The largest absolute Gasteiger partial charge is 0.495 e. The van der Waals surface area contributed by atoms with Gasteiger partial charge in [0, 0.05) is 22.6 Å². The molecule has 0 saturated heterocycles. The molecular weight excluding hydrogens is 512 g/mol. The standard InChI is InChI=1S/C30H32N4O4S/c1-21-15-16-26(17-22(21)2)34-23(3)18-25(24(34)4)19-31-32-30(35)20-33(28-13-9-10-14-29(28)38-5)39(36,37)27-11-7-6-8-12-27/h6-19H,20H2,1-5H3,(H,32,35)/b31-19+. The van der Waals surface area contributed by atoms with Gasteiger partial charge in [0.25, 0.3) is 15.9 Å². The van der Waals surface area contributed by atoms with E-state index in [-0.39, 0.29) is 10.6 Å². The highest BCUT2D eigenvalue weighted by molar-refractivity contribution is 7.92. The lowest BCUT2D eigenvalue weighted by molar-refractivity contribution is -0.119. The first-order valence-electron chi connectivity index (χ1n) is 12.4. The molecule has 4 aromatic rings. The Hall–Kier alpha value is -4.37. The van der Waals surface area contributed by atoms with Crippen molar-refractivity contribution in [2.24, 2.45) is 5.10 Å². The number of rotatable bonds is 9. The highest BCUT2D eigenvalue weighted by atomic mass is 32.2. The average molecular weight is 545 g/mol. The second kappa shape index (κ2) is 11.6. The van der Waals surface area contributed by atoms with E-state index >= 15 is 0 Å². The number of sulfonamides is 1. The first-order valence-corrected chi connectivity index (χ1v) is 13.9. The summed E-state index contributed by atoms with van der Waals surface area (Å²) in [5.41, 5.74) is 9.04. The maximum Gasteiger partial charge on any atom is 0.264 e. The summed E-state index contributed by atoms with van der Waals surface area (Å²) in [6, 6.07) is 22.9. The summed E-state index contributed by atoms with van der Waals surface area (Å²) < 4.78 is 35.6. The summed E-state index contributed by atoms with van der Waals surface area (Å²) in [5.74, 6) is -0.272. The Morgan fingerprint density at radius 3 is 2.33 bits per heavy atom. The van der Waals surface area contributed by atoms with E-state index in [4.69, 9.17) is 4.74 Å². The number of carbonyl (C=O) groups is 1. The van der Waals surface area contributed by atoms with Gasteiger partial charge in [-0.2, -0.15) is 5.10 Å². The molecule has 0 unspecified atom stereocenters. The van der Waals surface area contributed by atoms with Crippen molar-refractivity contribution in [3.63, 3.8) is 0 Å². The van der Waals surface area contributed by atoms with E-state index < -0.39 is 22.5 Å². The van der Waals surface area contributed by atoms with Gasteiger partial charge >= 0.3 is 0 Å². The molecule has 0 saturated carbocycles. The van der Waals surface area contributed by atoms with E-state index in [2.05, 4.69) is 47.1 Å². The third-order valence-corrected chi connectivity index (χ3v) is 8.36. The van der Waals surface area contributed by atoms with Gasteiger partial charge in [-0.1, -0.05) is 36.4 Å². The number of carbonyl (C=O) groups excluding carboxylic acids is 1. The molecule has 0 aliphatic carbocycles. The minimum Gasteiger partial charge on any atom is -0.495 e. The van der Waals surface area contributed by atoms with Gasteiger partial charge in [-0.3, -0.25) is 9.10 Å². The second-order valence-corrected chi connectivity index (χ2v) is 11.1. The van der Waals surface area contributed by atoms with E-state index in [0.29, 0.717) is 5.75 Å². The number of hydrogen-bond acceptors (Lipinski definition) is 5. The fraction of sp³-hybridized carbons (Fsp3) is 0.200. The number of aryl methyl sites for hydroxylation is 3. The number of nitrogens with zero attached hydrogens (tertiary/aromatic N) is 3. The van der Waals surface area contributed by atoms with E-state index in [9.17, 15) is 13.2 Å². The van der Waals surface area contributed by atoms with Gasteiger partial charge in [-0.15, -0.1) is 0 Å². The van der Waals surface area contributed by atoms with Crippen LogP contribution in [0.2, 0.25) is 0 Å². The van der Waals surface area contributed by atoms with Gasteiger partial charge in [-0.05, 0) is 81.3 Å². The number of aromatic nitrogens is 1. The quantitative estimate of drug-likeness (QED) is 0.235. The van der Waals surface area contributed by atoms with Crippen LogP contribution in [-0.4, -0.2) is 38.8 Å². The van der Waals surface area contributed by atoms with Gasteiger partial charge < -0.3 is 9.30 Å². The highest BCUT2D eigenvalue weighted by Gasteiger charge is 2.29. The van der Waals surface area contributed by atoms with Gasteiger partial charge in [0.2, 0.25) is 0 Å². The molecule has 1 amide bonds. The fourth-order valence-corrected chi connectivity index (χ4v) is 5.83. The summed E-state index contributed by atoms with van der Waals surface area (Å²) >= 11 is 0. The molecule has 8 nitrogen and oxygen atoms in total. The van der Waals surface area contributed by atoms with Crippen LogP contribution >= 0.6 is 0 Å². The summed E-state index contributed by atoms with van der Waals surface area (Å²) in [6.07, 6.45) is 1.57. The zero-order chi connectivity index (χ0) is 28.2. The molecule has 0 aliphatic rings. The first kappa shape index (κ1) is 27.7. The van der Waals surface area contributed by atoms with Crippen LogP contribution in [-0.2, 0) is 14.8 Å². The molecule has 1 heterocycles. The summed E-state index contributed by atoms with van der Waals surface area (Å²) in [5, 5.41) is 4.14. The van der Waals surface area contributed by atoms with Crippen LogP contribution in [0.5, 0.6) is 5.75 Å². The molecule has 1 N–H and O–H groups in total. The van der Waals surface area contributed by atoms with Gasteiger partial charge in [0.1, 0.15) is 12.3 Å². The van der Waals surface area contributed by atoms with Crippen LogP contribution in [0, 0.1) is 27.7 Å². The predicted octanol–water partition coefficient (Wildman–Crippen LogP) is 5.07. The lowest BCUT2D eigenvalue weighted by Gasteiger charge is -2.25. The lowest BCUT2D eigenvalue weighted by atomic mass is 10.1. The predicted molar refractivity (Wildman–Crippen MR) is 154 cm³/mol. The molecule has 39 heavy (non-hydrogen) atoms. The van der Waals surface area contributed by atoms with E-state index in [0.717, 1.165) is 26.9 Å². The molecule has 9 heteroatoms. The third-order valence-electron chi connectivity index (χ3n) is 6.58. The number of methoxy groups -OCH3 is 1. The molecule has 1 aromatic heterocycles. The minimum absolute atomic E-state index is 0.0611. The van der Waals surface area contributed by atoms with Crippen molar-refractivity contribution in [1.29, 1.82) is 0 Å². The number of hydrogen-bond donors (Lipinski definition) is 1. The van der Waals surface area contributed by atoms with E-state index in [1.807, 2.05) is 19.9 Å². The Morgan fingerprint density at radius 2 is 1.64 bits per heavy atom. The van der Waals surface area contributed by atoms with Gasteiger partial charge in [0.15, 0.2) is 0 Å². The zero-order valence-corrected chi connectivity index (χ0v) is 23.5. The number of anilines is 1. The summed E-state index contributed by atoms with van der Waals surface area (Å²) in [6.45, 7) is 7.67. The van der Waals surface area contributed by atoms with Crippen LogP contribution in [0.1, 0.15) is 28.1 Å². The normalized spacial score (nSPS) is 11.5. The summed E-state index contributed by atoms with van der Waals surface area (Å²) in [7, 11) is -2.62. The Kier molecular flexibility index (Phi) is 8.21. The molecule has 3 aromatic carbocycles. The van der Waals surface area contributed by atoms with Crippen molar-refractivity contribution in [2.75, 3.05) is 18.0 Å². The van der Waals surface area contributed by atoms with Crippen molar-refractivity contribution < 1.29 is 17.9 Å². The number of para-hydroxylation sites is 2. The highest BCUT2D eigenvalue weighted by Crippen LogP contribution is 2.32. The first-order chi connectivity index (χ1) is 18.6. The van der Waals surface area contributed by atoms with Gasteiger partial charge in [-0.25, -0.2) is 13.8 Å². The van der Waals surface area contributed by atoms with Crippen molar-refractivity contribution >= 4 is 27.8 Å². The Morgan fingerprint density at radius 1 is 0.949 bits per heavy atom. The molecule has 4 rings (SSSR count). The third kappa shape index (κ3) is 5.88. The topological polar surface area (TPSA) is 93.0 Å². The van der Waals surface area contributed by atoms with Crippen LogP contribution in [0.3, 0.4) is 0 Å². The Balaban J connectivity index is 1.57. The summed E-state index contributed by atoms with van der Waals surface area (Å²) in [4.78, 5) is 13.0. The van der Waals surface area contributed by atoms with Crippen LogP contribution in [0.25, 0.3) is 5.69 Å². The van der Waals surface area contributed by atoms with Crippen LogP contribution in [0.15, 0.2) is 88.9 Å². The molecule has 0 bridgehead atoms. The van der Waals surface area contributed by atoms with Crippen molar-refractivity contribution in [2.45, 2.75) is 32.6 Å². The van der Waals surface area contributed by atoms with E-state index in [1.165, 1.54) is 30.4 Å². The molecule has 202 valence electrons. The van der Waals surface area contributed by atoms with Crippen molar-refractivity contribution in [1.82, 2.24) is 9.99 Å².